The molecule has 1 aromatic carbocycles. The Labute approximate surface area is 98.7 Å². The van der Waals surface area contributed by atoms with Crippen LogP contribution in [-0.2, 0) is 0 Å². The van der Waals surface area contributed by atoms with E-state index in [-0.39, 0.29) is 0 Å². The van der Waals surface area contributed by atoms with E-state index in [1.54, 1.807) is 11.1 Å². The van der Waals surface area contributed by atoms with Crippen molar-refractivity contribution in [3.05, 3.63) is 52.6 Å². The average Bonchev–Trinajstić information content (AvgIpc) is 2.72. The fourth-order valence-corrected chi connectivity index (χ4v) is 2.49. The van der Waals surface area contributed by atoms with E-state index in [2.05, 4.69) is 51.1 Å². The van der Waals surface area contributed by atoms with E-state index in [9.17, 15) is 0 Å². The summed E-state index contributed by atoms with van der Waals surface area (Å²) in [5, 5.41) is 0. The van der Waals surface area contributed by atoms with Crippen LogP contribution in [0.25, 0.3) is 5.57 Å². The van der Waals surface area contributed by atoms with Crippen LogP contribution in [0.1, 0.15) is 44.2 Å². The maximum atomic E-state index is 2.39. The standard InChI is InChI=1S/C16H20/c1-4-13-10-11-16(15(13)5-2)14-8-6-12(3)7-9-14/h6-9,11H,4-5,10H2,1-3H3. The summed E-state index contributed by atoms with van der Waals surface area (Å²) in [7, 11) is 0. The monoisotopic (exact) mass is 212 g/mol. The van der Waals surface area contributed by atoms with Gasteiger partial charge in [-0.05, 0) is 42.9 Å². The molecule has 0 saturated carbocycles. The third kappa shape index (κ3) is 1.97. The maximum absolute atomic E-state index is 2.39. The van der Waals surface area contributed by atoms with Crippen LogP contribution in [0.5, 0.6) is 0 Å². The predicted molar refractivity (Wildman–Crippen MR) is 71.4 cm³/mol. The van der Waals surface area contributed by atoms with Crippen molar-refractivity contribution in [1.29, 1.82) is 0 Å². The molecule has 1 aromatic rings. The van der Waals surface area contributed by atoms with Crippen LogP contribution in [0.4, 0.5) is 0 Å². The van der Waals surface area contributed by atoms with Crippen molar-refractivity contribution < 1.29 is 0 Å². The third-order valence-electron chi connectivity index (χ3n) is 3.45. The number of allylic oxidation sites excluding steroid dienone is 4. The number of aryl methyl sites for hydroxylation is 1. The summed E-state index contributed by atoms with van der Waals surface area (Å²) in [5.41, 5.74) is 7.38. The molecule has 0 heteroatoms. The highest BCUT2D eigenvalue weighted by Crippen LogP contribution is 2.36. The van der Waals surface area contributed by atoms with Crippen LogP contribution in [0.2, 0.25) is 0 Å². The van der Waals surface area contributed by atoms with E-state index >= 15 is 0 Å². The molecule has 1 aliphatic carbocycles. The van der Waals surface area contributed by atoms with Gasteiger partial charge >= 0.3 is 0 Å². The second-order valence-corrected chi connectivity index (χ2v) is 4.48. The average molecular weight is 212 g/mol. The second kappa shape index (κ2) is 4.69. The molecule has 0 aliphatic heterocycles. The van der Waals surface area contributed by atoms with Crippen LogP contribution in [0.3, 0.4) is 0 Å². The molecule has 0 fully saturated rings. The van der Waals surface area contributed by atoms with E-state index < -0.39 is 0 Å². The molecule has 16 heavy (non-hydrogen) atoms. The topological polar surface area (TPSA) is 0 Å². The van der Waals surface area contributed by atoms with E-state index in [4.69, 9.17) is 0 Å². The van der Waals surface area contributed by atoms with Gasteiger partial charge in [0, 0.05) is 0 Å². The first-order chi connectivity index (χ1) is 7.76. The second-order valence-electron chi connectivity index (χ2n) is 4.48. The Kier molecular flexibility index (Phi) is 3.28. The molecule has 2 rings (SSSR count). The smallest absolute Gasteiger partial charge is 0.0124 e. The van der Waals surface area contributed by atoms with Gasteiger partial charge in [-0.1, -0.05) is 55.3 Å². The van der Waals surface area contributed by atoms with E-state index in [1.807, 2.05) is 0 Å². The van der Waals surface area contributed by atoms with E-state index in [1.165, 1.54) is 23.1 Å². The molecule has 0 N–H and O–H groups in total. The molecule has 84 valence electrons. The largest absolute Gasteiger partial charge is 0.0723 e. The van der Waals surface area contributed by atoms with Crippen molar-refractivity contribution in [2.75, 3.05) is 0 Å². The van der Waals surface area contributed by atoms with Gasteiger partial charge in [-0.25, -0.2) is 0 Å². The highest BCUT2D eigenvalue weighted by atomic mass is 14.2. The quantitative estimate of drug-likeness (QED) is 0.668. The van der Waals surface area contributed by atoms with Gasteiger partial charge in [0.15, 0.2) is 0 Å². The zero-order valence-electron chi connectivity index (χ0n) is 10.5. The number of hydrogen-bond acceptors (Lipinski definition) is 0. The number of hydrogen-bond donors (Lipinski definition) is 0. The van der Waals surface area contributed by atoms with Crippen molar-refractivity contribution in [3.8, 4) is 0 Å². The van der Waals surface area contributed by atoms with Crippen LogP contribution < -0.4 is 0 Å². The Morgan fingerprint density at radius 1 is 1.00 bits per heavy atom. The summed E-state index contributed by atoms with van der Waals surface area (Å²) >= 11 is 0. The van der Waals surface area contributed by atoms with Crippen molar-refractivity contribution in [3.63, 3.8) is 0 Å². The van der Waals surface area contributed by atoms with Gasteiger partial charge in [0.05, 0.1) is 0 Å². The lowest BCUT2D eigenvalue weighted by atomic mass is 9.96. The van der Waals surface area contributed by atoms with Gasteiger partial charge in [-0.15, -0.1) is 0 Å². The minimum atomic E-state index is 1.16. The zero-order chi connectivity index (χ0) is 11.5. The third-order valence-corrected chi connectivity index (χ3v) is 3.45. The van der Waals surface area contributed by atoms with Crippen molar-refractivity contribution in [1.82, 2.24) is 0 Å². The zero-order valence-corrected chi connectivity index (χ0v) is 10.5. The maximum Gasteiger partial charge on any atom is -0.0124 e. The van der Waals surface area contributed by atoms with Gasteiger partial charge in [0.25, 0.3) is 0 Å². The van der Waals surface area contributed by atoms with Gasteiger partial charge in [0.1, 0.15) is 0 Å². The lowest BCUT2D eigenvalue weighted by Crippen LogP contribution is -1.88. The summed E-state index contributed by atoms with van der Waals surface area (Å²) in [6.45, 7) is 6.66. The molecule has 0 bridgehead atoms. The number of benzene rings is 1. The molecule has 0 atom stereocenters. The highest BCUT2D eigenvalue weighted by Gasteiger charge is 2.15. The predicted octanol–water partition coefficient (Wildman–Crippen LogP) is 4.90. The normalized spacial score (nSPS) is 15.6. The van der Waals surface area contributed by atoms with Crippen molar-refractivity contribution in [2.24, 2.45) is 0 Å². The van der Waals surface area contributed by atoms with Crippen LogP contribution in [0.15, 0.2) is 41.5 Å². The van der Waals surface area contributed by atoms with Crippen molar-refractivity contribution >= 4 is 5.57 Å². The van der Waals surface area contributed by atoms with E-state index in [0.29, 0.717) is 0 Å². The first-order valence-electron chi connectivity index (χ1n) is 6.24. The molecular weight excluding hydrogens is 192 g/mol. The van der Waals surface area contributed by atoms with Crippen LogP contribution >= 0.6 is 0 Å². The lowest BCUT2D eigenvalue weighted by molar-refractivity contribution is 0.999. The minimum absolute atomic E-state index is 1.16. The summed E-state index contributed by atoms with van der Waals surface area (Å²) in [5.74, 6) is 0. The summed E-state index contributed by atoms with van der Waals surface area (Å²) in [6, 6.07) is 8.89. The van der Waals surface area contributed by atoms with Gasteiger partial charge < -0.3 is 0 Å². The van der Waals surface area contributed by atoms with Crippen LogP contribution in [-0.4, -0.2) is 0 Å². The molecular formula is C16H20. The van der Waals surface area contributed by atoms with Crippen molar-refractivity contribution in [2.45, 2.75) is 40.0 Å². The molecule has 0 spiro atoms. The molecule has 0 heterocycles. The summed E-state index contributed by atoms with van der Waals surface area (Å²) < 4.78 is 0. The molecule has 0 unspecified atom stereocenters. The summed E-state index contributed by atoms with van der Waals surface area (Å²) in [6.07, 6.45) is 5.89. The van der Waals surface area contributed by atoms with E-state index in [0.717, 1.165) is 12.8 Å². The Bertz CT molecular complexity index is 430. The molecule has 1 aliphatic rings. The molecule has 0 aromatic heterocycles. The first kappa shape index (κ1) is 11.2. The Morgan fingerprint density at radius 3 is 2.25 bits per heavy atom. The molecule has 0 saturated heterocycles. The Balaban J connectivity index is 2.36. The minimum Gasteiger partial charge on any atom is -0.0723 e. The van der Waals surface area contributed by atoms with Crippen LogP contribution in [0, 0.1) is 6.92 Å². The highest BCUT2D eigenvalue weighted by molar-refractivity contribution is 5.82. The Morgan fingerprint density at radius 2 is 1.69 bits per heavy atom. The summed E-state index contributed by atoms with van der Waals surface area (Å²) in [4.78, 5) is 0. The molecule has 0 nitrogen and oxygen atoms in total. The van der Waals surface area contributed by atoms with Gasteiger partial charge in [-0.3, -0.25) is 0 Å². The molecule has 0 amide bonds. The van der Waals surface area contributed by atoms with Gasteiger partial charge in [-0.2, -0.15) is 0 Å². The van der Waals surface area contributed by atoms with Gasteiger partial charge in [0.2, 0.25) is 0 Å². The number of rotatable bonds is 3. The first-order valence-corrected chi connectivity index (χ1v) is 6.24. The lowest BCUT2D eigenvalue weighted by Gasteiger charge is -2.09. The Hall–Kier alpha value is -1.30. The SMILES string of the molecule is CCC1=C(CC)C(c2ccc(C)cc2)=CC1. The fourth-order valence-electron chi connectivity index (χ4n) is 2.49. The fraction of sp³-hybridized carbons (Fsp3) is 0.375. The molecule has 0 radical (unpaired) electrons.